The van der Waals surface area contributed by atoms with Gasteiger partial charge in [-0.15, -0.1) is 0 Å². The number of fused-ring (bicyclic) bond motifs is 1. The maximum atomic E-state index is 12.9. The number of ether oxygens (including phenoxy) is 2. The summed E-state index contributed by atoms with van der Waals surface area (Å²) >= 11 is 0. The minimum atomic E-state index is -0.771. The zero-order valence-electron chi connectivity index (χ0n) is 17.7. The lowest BCUT2D eigenvalue weighted by atomic mass is 10.0. The largest absolute Gasteiger partial charge is 0.467 e. The van der Waals surface area contributed by atoms with Crippen molar-refractivity contribution in [3.8, 4) is 11.5 Å². The van der Waals surface area contributed by atoms with E-state index >= 15 is 0 Å². The third kappa shape index (κ3) is 5.13. The van der Waals surface area contributed by atoms with Crippen LogP contribution in [0, 0.1) is 0 Å². The van der Waals surface area contributed by atoms with Crippen molar-refractivity contribution in [2.75, 3.05) is 7.11 Å². The van der Waals surface area contributed by atoms with E-state index in [1.165, 1.54) is 7.11 Å². The van der Waals surface area contributed by atoms with Gasteiger partial charge in [0.25, 0.3) is 5.91 Å². The first-order chi connectivity index (χ1) is 15.6. The van der Waals surface area contributed by atoms with Gasteiger partial charge in [0.05, 0.1) is 7.11 Å². The second-order valence-corrected chi connectivity index (χ2v) is 7.38. The van der Waals surface area contributed by atoms with Gasteiger partial charge in [0, 0.05) is 12.0 Å². The molecule has 1 amide bonds. The zero-order chi connectivity index (χ0) is 22.3. The van der Waals surface area contributed by atoms with Gasteiger partial charge in [0.2, 0.25) is 0 Å². The van der Waals surface area contributed by atoms with Gasteiger partial charge in [-0.25, -0.2) is 4.79 Å². The van der Waals surface area contributed by atoms with Gasteiger partial charge in [-0.05, 0) is 52.7 Å². The van der Waals surface area contributed by atoms with E-state index in [0.29, 0.717) is 12.0 Å². The van der Waals surface area contributed by atoms with Crippen LogP contribution in [0.1, 0.15) is 15.9 Å². The van der Waals surface area contributed by atoms with Crippen LogP contribution in [0.15, 0.2) is 97.1 Å². The van der Waals surface area contributed by atoms with Crippen LogP contribution < -0.4 is 10.1 Å². The average Bonchev–Trinajstić information content (AvgIpc) is 2.84. The maximum Gasteiger partial charge on any atom is 0.328 e. The summed E-state index contributed by atoms with van der Waals surface area (Å²) in [6, 6.07) is 29.4. The number of hydrogen-bond donors (Lipinski definition) is 1. The fourth-order valence-corrected chi connectivity index (χ4v) is 3.48. The Labute approximate surface area is 186 Å². The number of amides is 1. The van der Waals surface area contributed by atoms with E-state index in [2.05, 4.69) is 5.32 Å². The molecule has 32 heavy (non-hydrogen) atoms. The number of carbonyl (C=O) groups excluding carboxylic acids is 2. The van der Waals surface area contributed by atoms with Crippen LogP contribution in [0.4, 0.5) is 0 Å². The quantitative estimate of drug-likeness (QED) is 0.416. The zero-order valence-corrected chi connectivity index (χ0v) is 17.7. The van der Waals surface area contributed by atoms with Crippen molar-refractivity contribution >= 4 is 22.6 Å². The molecule has 0 saturated carbocycles. The lowest BCUT2D eigenvalue weighted by Gasteiger charge is -2.17. The predicted octanol–water partition coefficient (Wildman–Crippen LogP) is 5.15. The number of rotatable bonds is 7. The number of nitrogens with one attached hydrogen (secondary N) is 1. The smallest absolute Gasteiger partial charge is 0.328 e. The molecule has 4 rings (SSSR count). The van der Waals surface area contributed by atoms with Crippen LogP contribution in [-0.2, 0) is 16.0 Å². The van der Waals surface area contributed by atoms with Crippen LogP contribution in [0.5, 0.6) is 11.5 Å². The summed E-state index contributed by atoms with van der Waals surface area (Å²) < 4.78 is 10.8. The van der Waals surface area contributed by atoms with E-state index < -0.39 is 12.0 Å². The Hall–Kier alpha value is -4.12. The van der Waals surface area contributed by atoms with E-state index in [1.54, 1.807) is 12.1 Å². The van der Waals surface area contributed by atoms with Gasteiger partial charge in [0.1, 0.15) is 17.5 Å². The first-order valence-corrected chi connectivity index (χ1v) is 10.3. The molecular formula is C27H23NO4. The number of methoxy groups -OCH3 is 1. The Kier molecular flexibility index (Phi) is 6.46. The summed E-state index contributed by atoms with van der Waals surface area (Å²) in [5.41, 5.74) is 1.41. The lowest BCUT2D eigenvalue weighted by Crippen LogP contribution is -2.43. The molecule has 5 heteroatoms. The summed E-state index contributed by atoms with van der Waals surface area (Å²) in [4.78, 5) is 25.1. The standard InChI is InChI=1S/C27H23NO4/c1-31-27(30)25(16-19-8-4-2-5-9-19)28-26(29)22-13-12-21-18-24(15-14-20(21)17-22)32-23-10-6-3-7-11-23/h2-15,17-18,25H,16H2,1H3,(H,28,29). The first kappa shape index (κ1) is 21.1. The maximum absolute atomic E-state index is 12.9. The monoisotopic (exact) mass is 425 g/mol. The summed E-state index contributed by atoms with van der Waals surface area (Å²) in [5.74, 6) is 0.665. The van der Waals surface area contributed by atoms with Crippen molar-refractivity contribution in [3.63, 3.8) is 0 Å². The molecule has 0 radical (unpaired) electrons. The summed E-state index contributed by atoms with van der Waals surface area (Å²) in [6.45, 7) is 0. The SMILES string of the molecule is COC(=O)C(Cc1ccccc1)NC(=O)c1ccc2cc(Oc3ccccc3)ccc2c1. The highest BCUT2D eigenvalue weighted by Gasteiger charge is 2.22. The lowest BCUT2D eigenvalue weighted by molar-refractivity contribution is -0.142. The van der Waals surface area contributed by atoms with Crippen molar-refractivity contribution in [2.45, 2.75) is 12.5 Å². The number of esters is 1. The molecule has 0 spiro atoms. The van der Waals surface area contributed by atoms with Gasteiger partial charge >= 0.3 is 5.97 Å². The van der Waals surface area contributed by atoms with Crippen molar-refractivity contribution in [1.82, 2.24) is 5.32 Å². The molecule has 0 aliphatic rings. The minimum absolute atomic E-state index is 0.331. The summed E-state index contributed by atoms with van der Waals surface area (Å²) in [6.07, 6.45) is 0.354. The van der Waals surface area contributed by atoms with Crippen LogP contribution in [0.3, 0.4) is 0 Å². The molecule has 0 aromatic heterocycles. The normalized spacial score (nSPS) is 11.5. The minimum Gasteiger partial charge on any atom is -0.467 e. The topological polar surface area (TPSA) is 64.6 Å². The van der Waals surface area contributed by atoms with Crippen molar-refractivity contribution in [2.24, 2.45) is 0 Å². The van der Waals surface area contributed by atoms with Gasteiger partial charge in [-0.1, -0.05) is 60.7 Å². The van der Waals surface area contributed by atoms with Crippen LogP contribution >= 0.6 is 0 Å². The number of hydrogen-bond acceptors (Lipinski definition) is 4. The van der Waals surface area contributed by atoms with E-state index in [-0.39, 0.29) is 5.91 Å². The molecule has 0 fully saturated rings. The Morgan fingerprint density at radius 2 is 1.44 bits per heavy atom. The highest BCUT2D eigenvalue weighted by atomic mass is 16.5. The molecule has 1 unspecified atom stereocenters. The molecule has 1 atom stereocenters. The summed E-state index contributed by atoms with van der Waals surface area (Å²) in [5, 5.41) is 4.65. The van der Waals surface area contributed by atoms with Crippen LogP contribution in [0.25, 0.3) is 10.8 Å². The third-order valence-corrected chi connectivity index (χ3v) is 5.13. The van der Waals surface area contributed by atoms with E-state index in [1.807, 2.05) is 84.9 Å². The number of benzene rings is 4. The summed E-state index contributed by atoms with van der Waals surface area (Å²) in [7, 11) is 1.32. The fourth-order valence-electron chi connectivity index (χ4n) is 3.48. The van der Waals surface area contributed by atoms with E-state index in [0.717, 1.165) is 27.8 Å². The Morgan fingerprint density at radius 1 is 0.781 bits per heavy atom. The Bertz CT molecular complexity index is 1220. The van der Waals surface area contributed by atoms with Crippen molar-refractivity contribution in [3.05, 3.63) is 108 Å². The highest BCUT2D eigenvalue weighted by Crippen LogP contribution is 2.26. The number of carbonyl (C=O) groups is 2. The molecule has 160 valence electrons. The second kappa shape index (κ2) is 9.79. The Morgan fingerprint density at radius 3 is 2.16 bits per heavy atom. The molecule has 0 bridgehead atoms. The van der Waals surface area contributed by atoms with Crippen molar-refractivity contribution < 1.29 is 19.1 Å². The van der Waals surface area contributed by atoms with Crippen LogP contribution in [0.2, 0.25) is 0 Å². The van der Waals surface area contributed by atoms with Gasteiger partial charge in [-0.2, -0.15) is 0 Å². The van der Waals surface area contributed by atoms with E-state index in [9.17, 15) is 9.59 Å². The molecular weight excluding hydrogens is 402 g/mol. The molecule has 4 aromatic carbocycles. The fraction of sp³-hybridized carbons (Fsp3) is 0.111. The van der Waals surface area contributed by atoms with Gasteiger partial charge in [-0.3, -0.25) is 4.79 Å². The molecule has 0 aliphatic heterocycles. The van der Waals surface area contributed by atoms with Gasteiger partial charge < -0.3 is 14.8 Å². The third-order valence-electron chi connectivity index (χ3n) is 5.13. The number of para-hydroxylation sites is 1. The Balaban J connectivity index is 1.50. The first-order valence-electron chi connectivity index (χ1n) is 10.3. The average molecular weight is 425 g/mol. The van der Waals surface area contributed by atoms with Crippen LogP contribution in [-0.4, -0.2) is 25.0 Å². The second-order valence-electron chi connectivity index (χ2n) is 7.38. The van der Waals surface area contributed by atoms with Crippen molar-refractivity contribution in [1.29, 1.82) is 0 Å². The molecule has 1 N–H and O–H groups in total. The molecule has 0 aliphatic carbocycles. The molecule has 0 heterocycles. The van der Waals surface area contributed by atoms with Gasteiger partial charge in [0.15, 0.2) is 0 Å². The highest BCUT2D eigenvalue weighted by molar-refractivity contribution is 6.00. The molecule has 0 saturated heterocycles. The predicted molar refractivity (Wildman–Crippen MR) is 124 cm³/mol. The van der Waals surface area contributed by atoms with E-state index in [4.69, 9.17) is 9.47 Å². The molecule has 5 nitrogen and oxygen atoms in total. The molecule has 4 aromatic rings.